The van der Waals surface area contributed by atoms with E-state index in [0.717, 1.165) is 30.6 Å². The van der Waals surface area contributed by atoms with E-state index < -0.39 is 10.0 Å². The van der Waals surface area contributed by atoms with Gasteiger partial charge in [0.15, 0.2) is 0 Å². The summed E-state index contributed by atoms with van der Waals surface area (Å²) in [7, 11) is -3.47. The van der Waals surface area contributed by atoms with E-state index in [1.54, 1.807) is 18.3 Å². The van der Waals surface area contributed by atoms with Crippen molar-refractivity contribution < 1.29 is 13.2 Å². The van der Waals surface area contributed by atoms with Crippen molar-refractivity contribution in [3.05, 3.63) is 41.8 Å². The van der Waals surface area contributed by atoms with Crippen molar-refractivity contribution in [1.82, 2.24) is 4.31 Å². The molecule has 0 saturated carbocycles. The van der Waals surface area contributed by atoms with E-state index in [1.165, 1.54) is 17.1 Å². The van der Waals surface area contributed by atoms with Gasteiger partial charge in [0.05, 0.1) is 17.6 Å². The first-order chi connectivity index (χ1) is 10.5. The normalized spacial score (nSPS) is 15.4. The molecule has 2 rings (SSSR count). The Balaban J connectivity index is 2.08. The van der Waals surface area contributed by atoms with Crippen LogP contribution in [0.15, 0.2) is 41.1 Å². The minimum Gasteiger partial charge on any atom is -0.494 e. The number of benzene rings is 1. The van der Waals surface area contributed by atoms with Crippen LogP contribution in [0.3, 0.4) is 0 Å². The molecule has 0 unspecified atom stereocenters. The average Bonchev–Trinajstić information content (AvgIpc) is 2.52. The molecule has 0 bridgehead atoms. The number of unbranched alkanes of at least 4 members (excludes halogenated alkanes) is 3. The van der Waals surface area contributed by atoms with Crippen LogP contribution in [0, 0.1) is 6.92 Å². The fourth-order valence-corrected chi connectivity index (χ4v) is 3.75. The summed E-state index contributed by atoms with van der Waals surface area (Å²) in [5, 5.41) is 0. The molecule has 0 saturated heterocycles. The van der Waals surface area contributed by atoms with Gasteiger partial charge in [-0.25, -0.2) is 8.42 Å². The van der Waals surface area contributed by atoms with E-state index in [1.807, 2.05) is 19.1 Å². The first-order valence-corrected chi connectivity index (χ1v) is 9.40. The van der Waals surface area contributed by atoms with Gasteiger partial charge in [-0.2, -0.15) is 0 Å². The Labute approximate surface area is 133 Å². The van der Waals surface area contributed by atoms with E-state index in [2.05, 4.69) is 6.92 Å². The third-order valence-electron chi connectivity index (χ3n) is 3.79. The Morgan fingerprint density at radius 3 is 2.55 bits per heavy atom. The lowest BCUT2D eigenvalue weighted by molar-refractivity contribution is 0.162. The monoisotopic (exact) mass is 323 g/mol. The smallest absolute Gasteiger partial charge is 0.264 e. The standard InChI is InChI=1S/C17H25NO3S/c1-3-4-5-6-7-16-14-18(12-13-21-16)22(19,20)17-10-8-15(2)9-11-17/h8-11,14H,3-7,12-13H2,1-2H3. The first kappa shape index (κ1) is 16.9. The highest BCUT2D eigenvalue weighted by atomic mass is 32.2. The summed E-state index contributed by atoms with van der Waals surface area (Å²) >= 11 is 0. The summed E-state index contributed by atoms with van der Waals surface area (Å²) in [6.45, 7) is 4.91. The molecular formula is C17H25NO3S. The van der Waals surface area contributed by atoms with Gasteiger partial charge in [-0.3, -0.25) is 4.31 Å². The largest absolute Gasteiger partial charge is 0.494 e. The van der Waals surface area contributed by atoms with Crippen LogP contribution < -0.4 is 0 Å². The molecule has 1 aliphatic rings. The highest BCUT2D eigenvalue weighted by Gasteiger charge is 2.24. The summed E-state index contributed by atoms with van der Waals surface area (Å²) < 4.78 is 32.3. The number of aryl methyl sites for hydroxylation is 1. The van der Waals surface area contributed by atoms with Gasteiger partial charge in [0.25, 0.3) is 10.0 Å². The van der Waals surface area contributed by atoms with Crippen LogP contribution >= 0.6 is 0 Å². The van der Waals surface area contributed by atoms with Gasteiger partial charge < -0.3 is 4.74 Å². The molecule has 122 valence electrons. The van der Waals surface area contributed by atoms with E-state index >= 15 is 0 Å². The van der Waals surface area contributed by atoms with Crippen molar-refractivity contribution in [3.8, 4) is 0 Å². The van der Waals surface area contributed by atoms with Crippen molar-refractivity contribution in [3.63, 3.8) is 0 Å². The topological polar surface area (TPSA) is 46.6 Å². The van der Waals surface area contributed by atoms with Crippen LogP contribution in [0.25, 0.3) is 0 Å². The van der Waals surface area contributed by atoms with Gasteiger partial charge in [-0.05, 0) is 25.5 Å². The van der Waals surface area contributed by atoms with E-state index in [9.17, 15) is 8.42 Å². The molecule has 0 spiro atoms. The molecule has 5 heteroatoms. The molecule has 22 heavy (non-hydrogen) atoms. The molecule has 0 aromatic heterocycles. The number of sulfonamides is 1. The van der Waals surface area contributed by atoms with Gasteiger partial charge in [-0.15, -0.1) is 0 Å². The zero-order valence-corrected chi connectivity index (χ0v) is 14.2. The maximum Gasteiger partial charge on any atom is 0.264 e. The van der Waals surface area contributed by atoms with Gasteiger partial charge in [0.1, 0.15) is 12.4 Å². The lowest BCUT2D eigenvalue weighted by Crippen LogP contribution is -2.33. The fraction of sp³-hybridized carbons (Fsp3) is 0.529. The van der Waals surface area contributed by atoms with Gasteiger partial charge >= 0.3 is 0 Å². The number of hydrogen-bond donors (Lipinski definition) is 0. The maximum absolute atomic E-state index is 12.6. The summed E-state index contributed by atoms with van der Waals surface area (Å²) in [4.78, 5) is 0.335. The SMILES string of the molecule is CCCCCCC1=CN(S(=O)(=O)c2ccc(C)cc2)CCO1. The lowest BCUT2D eigenvalue weighted by Gasteiger charge is -2.26. The Morgan fingerprint density at radius 1 is 1.14 bits per heavy atom. The first-order valence-electron chi connectivity index (χ1n) is 7.96. The molecule has 1 aliphatic heterocycles. The minimum atomic E-state index is -3.47. The molecule has 0 amide bonds. The van der Waals surface area contributed by atoms with Crippen molar-refractivity contribution in [2.24, 2.45) is 0 Å². The zero-order chi connectivity index (χ0) is 16.0. The number of rotatable bonds is 7. The summed E-state index contributed by atoms with van der Waals surface area (Å²) in [6, 6.07) is 6.97. The molecule has 1 aromatic carbocycles. The van der Waals surface area contributed by atoms with E-state index in [-0.39, 0.29) is 0 Å². The van der Waals surface area contributed by atoms with Crippen LogP contribution in [0.5, 0.6) is 0 Å². The quantitative estimate of drug-likeness (QED) is 0.717. The lowest BCUT2D eigenvalue weighted by atomic mass is 10.1. The highest BCUT2D eigenvalue weighted by molar-refractivity contribution is 7.89. The molecule has 0 atom stereocenters. The number of ether oxygens (including phenoxy) is 1. The molecule has 0 fully saturated rings. The van der Waals surface area contributed by atoms with Crippen molar-refractivity contribution >= 4 is 10.0 Å². The third-order valence-corrected chi connectivity index (χ3v) is 5.56. The van der Waals surface area contributed by atoms with Crippen LogP contribution in [0.2, 0.25) is 0 Å². The molecular weight excluding hydrogens is 298 g/mol. The number of hydrogen-bond acceptors (Lipinski definition) is 3. The summed E-state index contributed by atoms with van der Waals surface area (Å²) in [6.07, 6.45) is 7.05. The summed E-state index contributed by atoms with van der Waals surface area (Å²) in [5.74, 6) is 0.776. The number of nitrogens with zero attached hydrogens (tertiary/aromatic N) is 1. The zero-order valence-electron chi connectivity index (χ0n) is 13.4. The van der Waals surface area contributed by atoms with E-state index in [4.69, 9.17) is 4.74 Å². The third kappa shape index (κ3) is 4.26. The van der Waals surface area contributed by atoms with E-state index in [0.29, 0.717) is 18.0 Å². The minimum absolute atomic E-state index is 0.335. The van der Waals surface area contributed by atoms with Crippen molar-refractivity contribution in [1.29, 1.82) is 0 Å². The summed E-state index contributed by atoms with van der Waals surface area (Å²) in [5.41, 5.74) is 1.05. The average molecular weight is 323 g/mol. The Morgan fingerprint density at radius 2 is 1.86 bits per heavy atom. The van der Waals surface area contributed by atoms with Gasteiger partial charge in [-0.1, -0.05) is 43.9 Å². The molecule has 1 aromatic rings. The maximum atomic E-state index is 12.6. The van der Waals surface area contributed by atoms with Crippen molar-refractivity contribution in [2.75, 3.05) is 13.2 Å². The predicted octanol–water partition coefficient (Wildman–Crippen LogP) is 3.83. The van der Waals surface area contributed by atoms with Gasteiger partial charge in [0.2, 0.25) is 0 Å². The van der Waals surface area contributed by atoms with Crippen molar-refractivity contribution in [2.45, 2.75) is 50.8 Å². The van der Waals surface area contributed by atoms with Crippen LogP contribution in [0.1, 0.15) is 44.6 Å². The van der Waals surface area contributed by atoms with Crippen LogP contribution in [-0.2, 0) is 14.8 Å². The van der Waals surface area contributed by atoms with Gasteiger partial charge in [0, 0.05) is 6.42 Å². The second kappa shape index (κ2) is 7.68. The Kier molecular flexibility index (Phi) is 5.89. The Hall–Kier alpha value is -1.49. The number of allylic oxidation sites excluding steroid dienone is 1. The molecule has 0 radical (unpaired) electrons. The molecule has 0 aliphatic carbocycles. The molecule has 4 nitrogen and oxygen atoms in total. The van der Waals surface area contributed by atoms with Crippen LogP contribution in [-0.4, -0.2) is 25.9 Å². The fourth-order valence-electron chi connectivity index (χ4n) is 2.43. The Bertz CT molecular complexity index is 605. The highest BCUT2D eigenvalue weighted by Crippen LogP contribution is 2.22. The molecule has 1 heterocycles. The second-order valence-corrected chi connectivity index (χ2v) is 7.57. The predicted molar refractivity (Wildman–Crippen MR) is 87.9 cm³/mol. The molecule has 0 N–H and O–H groups in total. The van der Waals surface area contributed by atoms with Crippen LogP contribution in [0.4, 0.5) is 0 Å². The second-order valence-electron chi connectivity index (χ2n) is 5.68.